The van der Waals surface area contributed by atoms with Gasteiger partial charge in [0.25, 0.3) is 0 Å². The molecule has 2 amide bonds. The van der Waals surface area contributed by atoms with E-state index in [4.69, 9.17) is 0 Å². The first kappa shape index (κ1) is 16.0. The number of nitrogens with zero attached hydrogens (tertiary/aromatic N) is 1. The van der Waals surface area contributed by atoms with E-state index in [-0.39, 0.29) is 23.3 Å². The summed E-state index contributed by atoms with van der Waals surface area (Å²) in [5.41, 5.74) is -0.289. The van der Waals surface area contributed by atoms with Gasteiger partial charge in [0.2, 0.25) is 11.8 Å². The Morgan fingerprint density at radius 1 is 1.43 bits per heavy atom. The van der Waals surface area contributed by atoms with Gasteiger partial charge in [-0.05, 0) is 23.3 Å². The molecule has 4 nitrogen and oxygen atoms in total. The Morgan fingerprint density at radius 3 is 2.67 bits per heavy atom. The zero-order valence-electron chi connectivity index (χ0n) is 13.2. The van der Waals surface area contributed by atoms with Crippen molar-refractivity contribution in [3.63, 3.8) is 0 Å². The standard InChI is InChI=1S/C16H24N2O2S/c1-5-11(12-7-6-10-21-12)18-9-8-13(19)17-14(15(18)20)16(2,3)4/h6-7,10-11,14H,5,8-9H2,1-4H3,(H,17,19). The van der Waals surface area contributed by atoms with Gasteiger partial charge in [0.05, 0.1) is 6.04 Å². The van der Waals surface area contributed by atoms with E-state index in [1.165, 1.54) is 4.88 Å². The van der Waals surface area contributed by atoms with Crippen molar-refractivity contribution < 1.29 is 9.59 Å². The van der Waals surface area contributed by atoms with Crippen LogP contribution in [-0.2, 0) is 9.59 Å². The first-order valence-electron chi connectivity index (χ1n) is 7.48. The Labute approximate surface area is 130 Å². The van der Waals surface area contributed by atoms with Crippen molar-refractivity contribution in [2.45, 2.75) is 52.6 Å². The summed E-state index contributed by atoms with van der Waals surface area (Å²) < 4.78 is 0. The highest BCUT2D eigenvalue weighted by Crippen LogP contribution is 2.32. The van der Waals surface area contributed by atoms with Crippen LogP contribution in [0.1, 0.15) is 51.5 Å². The lowest BCUT2D eigenvalue weighted by Crippen LogP contribution is -2.52. The first-order valence-corrected chi connectivity index (χ1v) is 8.35. The van der Waals surface area contributed by atoms with Crippen molar-refractivity contribution in [3.05, 3.63) is 22.4 Å². The predicted octanol–water partition coefficient (Wildman–Crippen LogP) is 2.96. The Morgan fingerprint density at radius 2 is 2.14 bits per heavy atom. The summed E-state index contributed by atoms with van der Waals surface area (Å²) in [7, 11) is 0. The number of nitrogens with one attached hydrogen (secondary N) is 1. The maximum atomic E-state index is 12.9. The summed E-state index contributed by atoms with van der Waals surface area (Å²) in [6.45, 7) is 8.56. The molecule has 5 heteroatoms. The number of rotatable bonds is 3. The van der Waals surface area contributed by atoms with Gasteiger partial charge in [0, 0.05) is 17.8 Å². The van der Waals surface area contributed by atoms with Crippen LogP contribution in [0.15, 0.2) is 17.5 Å². The number of amides is 2. The van der Waals surface area contributed by atoms with Gasteiger partial charge in [-0.25, -0.2) is 0 Å². The van der Waals surface area contributed by atoms with Crippen LogP contribution in [-0.4, -0.2) is 29.3 Å². The maximum absolute atomic E-state index is 12.9. The van der Waals surface area contributed by atoms with Crippen LogP contribution < -0.4 is 5.32 Å². The molecule has 1 fully saturated rings. The number of hydrogen-bond donors (Lipinski definition) is 1. The third-order valence-corrected chi connectivity index (χ3v) is 4.89. The van der Waals surface area contributed by atoms with Crippen molar-refractivity contribution in [2.24, 2.45) is 5.41 Å². The molecule has 116 valence electrons. The fourth-order valence-corrected chi connectivity index (χ4v) is 3.67. The lowest BCUT2D eigenvalue weighted by molar-refractivity contribution is -0.138. The van der Waals surface area contributed by atoms with Gasteiger partial charge in [-0.15, -0.1) is 11.3 Å². The minimum absolute atomic E-state index is 0.0354. The van der Waals surface area contributed by atoms with Gasteiger partial charge >= 0.3 is 0 Å². The van der Waals surface area contributed by atoms with Crippen LogP contribution in [0.3, 0.4) is 0 Å². The van der Waals surface area contributed by atoms with Crippen LogP contribution in [0.4, 0.5) is 0 Å². The molecular weight excluding hydrogens is 284 g/mol. The molecule has 1 aliphatic rings. The lowest BCUT2D eigenvalue weighted by atomic mass is 9.85. The van der Waals surface area contributed by atoms with Gasteiger partial charge in [0.15, 0.2) is 0 Å². The second kappa shape index (κ2) is 6.18. The molecule has 2 atom stereocenters. The largest absolute Gasteiger partial charge is 0.344 e. The summed E-state index contributed by atoms with van der Waals surface area (Å²) in [4.78, 5) is 28.0. The third kappa shape index (κ3) is 3.46. The van der Waals surface area contributed by atoms with E-state index in [1.807, 2.05) is 37.1 Å². The molecule has 1 aliphatic heterocycles. The Balaban J connectivity index is 2.33. The van der Waals surface area contributed by atoms with Crippen LogP contribution in [0.2, 0.25) is 0 Å². The van der Waals surface area contributed by atoms with Gasteiger partial charge in [-0.2, -0.15) is 0 Å². The molecule has 0 saturated carbocycles. The SMILES string of the molecule is CCC(c1cccs1)N1CCC(=O)NC(C(C)(C)C)C1=O. The van der Waals surface area contributed by atoms with E-state index < -0.39 is 6.04 Å². The normalized spacial score (nSPS) is 21.9. The molecule has 1 saturated heterocycles. The summed E-state index contributed by atoms with van der Waals surface area (Å²) in [6.07, 6.45) is 1.23. The highest BCUT2D eigenvalue weighted by molar-refractivity contribution is 7.10. The van der Waals surface area contributed by atoms with E-state index in [0.29, 0.717) is 13.0 Å². The van der Waals surface area contributed by atoms with E-state index >= 15 is 0 Å². The average Bonchev–Trinajstić information content (AvgIpc) is 2.87. The van der Waals surface area contributed by atoms with Gasteiger partial charge in [0.1, 0.15) is 6.04 Å². The minimum atomic E-state index is -0.457. The molecule has 1 aromatic heterocycles. The first-order chi connectivity index (χ1) is 9.84. The van der Waals surface area contributed by atoms with E-state index in [2.05, 4.69) is 18.3 Å². The second-order valence-electron chi connectivity index (χ2n) is 6.59. The third-order valence-electron chi connectivity index (χ3n) is 3.92. The fraction of sp³-hybridized carbons (Fsp3) is 0.625. The average molecular weight is 308 g/mol. The molecule has 0 bridgehead atoms. The number of carbonyl (C=O) groups is 2. The summed E-state index contributed by atoms with van der Waals surface area (Å²) in [5, 5.41) is 4.93. The lowest BCUT2D eigenvalue weighted by Gasteiger charge is -2.35. The fourth-order valence-electron chi connectivity index (χ4n) is 2.75. The molecule has 0 spiro atoms. The van der Waals surface area contributed by atoms with Crippen molar-refractivity contribution in [1.82, 2.24) is 10.2 Å². The number of hydrogen-bond acceptors (Lipinski definition) is 3. The summed E-state index contributed by atoms with van der Waals surface area (Å²) in [5.74, 6) is 0.000377. The highest BCUT2D eigenvalue weighted by atomic mass is 32.1. The van der Waals surface area contributed by atoms with Gasteiger partial charge in [-0.1, -0.05) is 33.8 Å². The molecule has 2 heterocycles. The molecule has 1 aromatic rings. The molecule has 2 unspecified atom stereocenters. The Bertz CT molecular complexity index is 505. The Hall–Kier alpha value is -1.36. The van der Waals surface area contributed by atoms with Crippen LogP contribution in [0, 0.1) is 5.41 Å². The minimum Gasteiger partial charge on any atom is -0.344 e. The second-order valence-corrected chi connectivity index (χ2v) is 7.57. The highest BCUT2D eigenvalue weighted by Gasteiger charge is 2.40. The maximum Gasteiger partial charge on any atom is 0.246 e. The monoisotopic (exact) mass is 308 g/mol. The van der Waals surface area contributed by atoms with Gasteiger partial charge in [-0.3, -0.25) is 9.59 Å². The number of carbonyl (C=O) groups excluding carboxylic acids is 2. The van der Waals surface area contributed by atoms with Crippen LogP contribution >= 0.6 is 11.3 Å². The molecule has 2 rings (SSSR count). The predicted molar refractivity (Wildman–Crippen MR) is 85.1 cm³/mol. The summed E-state index contributed by atoms with van der Waals surface area (Å²) in [6, 6.07) is 3.69. The van der Waals surface area contributed by atoms with Crippen molar-refractivity contribution in [2.75, 3.05) is 6.54 Å². The summed E-state index contributed by atoms with van der Waals surface area (Å²) >= 11 is 1.67. The molecule has 1 N–H and O–H groups in total. The van der Waals surface area contributed by atoms with Crippen molar-refractivity contribution in [3.8, 4) is 0 Å². The quantitative estimate of drug-likeness (QED) is 0.933. The molecule has 0 aliphatic carbocycles. The molecule has 0 radical (unpaired) electrons. The van der Waals surface area contributed by atoms with Crippen molar-refractivity contribution >= 4 is 23.2 Å². The van der Waals surface area contributed by atoms with E-state index in [1.54, 1.807) is 11.3 Å². The smallest absolute Gasteiger partial charge is 0.246 e. The van der Waals surface area contributed by atoms with E-state index in [0.717, 1.165) is 6.42 Å². The van der Waals surface area contributed by atoms with Gasteiger partial charge < -0.3 is 10.2 Å². The van der Waals surface area contributed by atoms with E-state index in [9.17, 15) is 9.59 Å². The topological polar surface area (TPSA) is 49.4 Å². The van der Waals surface area contributed by atoms with Crippen LogP contribution in [0.5, 0.6) is 0 Å². The Kier molecular flexibility index (Phi) is 4.71. The molecular formula is C16H24N2O2S. The molecule has 21 heavy (non-hydrogen) atoms. The molecule has 0 aromatic carbocycles. The van der Waals surface area contributed by atoms with Crippen molar-refractivity contribution in [1.29, 1.82) is 0 Å². The zero-order valence-corrected chi connectivity index (χ0v) is 14.0. The van der Waals surface area contributed by atoms with Crippen LogP contribution in [0.25, 0.3) is 0 Å². The number of thiophene rings is 1. The zero-order chi connectivity index (χ0) is 15.6.